The van der Waals surface area contributed by atoms with Crippen molar-refractivity contribution in [3.63, 3.8) is 0 Å². The number of aromatic nitrogens is 6. The minimum Gasteiger partial charge on any atom is -0.308 e. The Hall–Kier alpha value is -8.78. The number of hydrogen-bond acceptors (Lipinski definition) is 5. The van der Waals surface area contributed by atoms with Crippen molar-refractivity contribution in [2.24, 2.45) is 0 Å². The Morgan fingerprint density at radius 3 is 1.58 bits per heavy atom. The van der Waals surface area contributed by atoms with E-state index in [4.69, 9.17) is 19.9 Å². The van der Waals surface area contributed by atoms with Crippen LogP contribution < -0.4 is 0 Å². The van der Waals surface area contributed by atoms with Gasteiger partial charge in [0.1, 0.15) is 0 Å². The maximum Gasteiger partial charge on any atom is 0.160 e. The van der Waals surface area contributed by atoms with Crippen LogP contribution in [0.1, 0.15) is 0 Å². The Morgan fingerprint density at radius 2 is 0.910 bits per heavy atom. The molecular formula is C60H36N6S. The van der Waals surface area contributed by atoms with Gasteiger partial charge in [0.15, 0.2) is 5.82 Å². The molecule has 0 fully saturated rings. The highest BCUT2D eigenvalue weighted by molar-refractivity contribution is 7.26. The molecule has 0 aliphatic rings. The molecule has 14 aromatic rings. The first-order valence-electron chi connectivity index (χ1n) is 22.4. The molecule has 14 rings (SSSR count). The van der Waals surface area contributed by atoms with Crippen molar-refractivity contribution in [1.29, 1.82) is 0 Å². The average molecular weight is 873 g/mol. The molecule has 7 heteroatoms. The van der Waals surface area contributed by atoms with Crippen molar-refractivity contribution in [2.45, 2.75) is 0 Å². The normalized spacial score (nSPS) is 11.9. The van der Waals surface area contributed by atoms with Gasteiger partial charge >= 0.3 is 0 Å². The summed E-state index contributed by atoms with van der Waals surface area (Å²) in [7, 11) is 0. The van der Waals surface area contributed by atoms with E-state index in [0.717, 1.165) is 83.3 Å². The van der Waals surface area contributed by atoms with Gasteiger partial charge in [0.25, 0.3) is 0 Å². The fourth-order valence-electron chi connectivity index (χ4n) is 10.2. The third-order valence-corrected chi connectivity index (χ3v) is 14.4. The Balaban J connectivity index is 0.990. The summed E-state index contributed by atoms with van der Waals surface area (Å²) in [5, 5.41) is 7.34. The molecule has 6 nitrogen and oxygen atoms in total. The lowest BCUT2D eigenvalue weighted by atomic mass is 9.96. The first-order chi connectivity index (χ1) is 33.2. The lowest BCUT2D eigenvalue weighted by molar-refractivity contribution is 1.12. The fourth-order valence-corrected chi connectivity index (χ4v) is 11.4. The van der Waals surface area contributed by atoms with Gasteiger partial charge in [-0.2, -0.15) is 0 Å². The van der Waals surface area contributed by atoms with Gasteiger partial charge in [-0.1, -0.05) is 133 Å². The molecule has 312 valence electrons. The van der Waals surface area contributed by atoms with Crippen LogP contribution in [0.2, 0.25) is 0 Å². The van der Waals surface area contributed by atoms with Crippen LogP contribution in [0.4, 0.5) is 0 Å². The van der Waals surface area contributed by atoms with Crippen LogP contribution in [0.5, 0.6) is 0 Å². The van der Waals surface area contributed by atoms with E-state index in [2.05, 4.69) is 185 Å². The molecule has 0 atom stereocenters. The van der Waals surface area contributed by atoms with Gasteiger partial charge in [-0.05, 0) is 89.1 Å². The molecule has 0 bridgehead atoms. The van der Waals surface area contributed by atoms with Gasteiger partial charge in [-0.15, -0.1) is 11.3 Å². The monoisotopic (exact) mass is 872 g/mol. The molecule has 6 heterocycles. The van der Waals surface area contributed by atoms with Crippen LogP contribution in [-0.4, -0.2) is 29.1 Å². The fraction of sp³-hybridized carbons (Fsp3) is 0. The van der Waals surface area contributed by atoms with Crippen LogP contribution in [0.15, 0.2) is 219 Å². The SMILES string of the molecule is c1ccc(-c2nc(-c3ccc(-c4cc5ccccc5c5c4sc4ccccc45)cc3)cc(-c3cc(-n4c5ccccc5c5ncccc54)cc(-n4c5ccccc5c5ncccc54)c3)n2)cc1. The Labute approximate surface area is 388 Å². The van der Waals surface area contributed by atoms with Gasteiger partial charge in [0.2, 0.25) is 0 Å². The summed E-state index contributed by atoms with van der Waals surface area (Å²) in [6, 6.07) is 73.4. The van der Waals surface area contributed by atoms with E-state index in [1.807, 2.05) is 54.1 Å². The van der Waals surface area contributed by atoms with E-state index >= 15 is 0 Å². The summed E-state index contributed by atoms with van der Waals surface area (Å²) in [5.41, 5.74) is 15.1. The predicted molar refractivity (Wildman–Crippen MR) is 278 cm³/mol. The minimum atomic E-state index is 0.660. The van der Waals surface area contributed by atoms with Gasteiger partial charge in [-0.3, -0.25) is 9.97 Å². The van der Waals surface area contributed by atoms with E-state index < -0.39 is 0 Å². The van der Waals surface area contributed by atoms with Crippen LogP contribution in [0.3, 0.4) is 0 Å². The largest absolute Gasteiger partial charge is 0.308 e. The Morgan fingerprint density at radius 1 is 0.373 bits per heavy atom. The number of nitrogens with zero attached hydrogens (tertiary/aromatic N) is 6. The molecule has 0 N–H and O–H groups in total. The second kappa shape index (κ2) is 14.9. The lowest BCUT2D eigenvalue weighted by Gasteiger charge is -2.16. The molecule has 67 heavy (non-hydrogen) atoms. The minimum absolute atomic E-state index is 0.660. The van der Waals surface area contributed by atoms with E-state index in [0.29, 0.717) is 5.82 Å². The number of rotatable bonds is 6. The van der Waals surface area contributed by atoms with Gasteiger partial charge in [0.05, 0.1) is 44.5 Å². The molecular weight excluding hydrogens is 837 g/mol. The summed E-state index contributed by atoms with van der Waals surface area (Å²) >= 11 is 1.87. The maximum atomic E-state index is 5.39. The number of hydrogen-bond donors (Lipinski definition) is 0. The van der Waals surface area contributed by atoms with Crippen LogP contribution in [-0.2, 0) is 0 Å². The molecule has 0 radical (unpaired) electrons. The predicted octanol–water partition coefficient (Wildman–Crippen LogP) is 15.6. The van der Waals surface area contributed by atoms with Crippen LogP contribution in [0, 0.1) is 0 Å². The lowest BCUT2D eigenvalue weighted by Crippen LogP contribution is -2.02. The first-order valence-corrected chi connectivity index (χ1v) is 23.3. The zero-order valence-corrected chi connectivity index (χ0v) is 36.7. The zero-order valence-electron chi connectivity index (χ0n) is 35.9. The Bertz CT molecular complexity index is 4040. The summed E-state index contributed by atoms with van der Waals surface area (Å²) in [5.74, 6) is 0.660. The smallest absolute Gasteiger partial charge is 0.160 e. The second-order valence-corrected chi connectivity index (χ2v) is 18.1. The number of benzene rings is 8. The van der Waals surface area contributed by atoms with Crippen molar-refractivity contribution in [1.82, 2.24) is 29.1 Å². The van der Waals surface area contributed by atoms with Gasteiger partial charge in [-0.25, -0.2) is 9.97 Å². The number of para-hydroxylation sites is 2. The zero-order chi connectivity index (χ0) is 44.0. The molecule has 0 spiro atoms. The summed E-state index contributed by atoms with van der Waals surface area (Å²) in [6.45, 7) is 0. The van der Waals surface area contributed by atoms with Crippen molar-refractivity contribution in [3.05, 3.63) is 219 Å². The third kappa shape index (κ3) is 5.95. The molecule has 0 amide bonds. The number of fused-ring (bicyclic) bond motifs is 11. The molecule has 0 aliphatic carbocycles. The van der Waals surface area contributed by atoms with Gasteiger partial charge < -0.3 is 9.13 Å². The van der Waals surface area contributed by atoms with Crippen molar-refractivity contribution < 1.29 is 0 Å². The molecule has 0 unspecified atom stereocenters. The third-order valence-electron chi connectivity index (χ3n) is 13.2. The highest BCUT2D eigenvalue weighted by Gasteiger charge is 2.20. The quantitative estimate of drug-likeness (QED) is 0.167. The van der Waals surface area contributed by atoms with Crippen LogP contribution >= 0.6 is 11.3 Å². The van der Waals surface area contributed by atoms with E-state index in [-0.39, 0.29) is 0 Å². The van der Waals surface area contributed by atoms with E-state index in [1.54, 1.807) is 0 Å². The average Bonchev–Trinajstić information content (AvgIpc) is 4.07. The maximum absolute atomic E-state index is 5.39. The number of pyridine rings is 2. The topological polar surface area (TPSA) is 61.4 Å². The van der Waals surface area contributed by atoms with E-state index in [1.165, 1.54) is 42.1 Å². The summed E-state index contributed by atoms with van der Waals surface area (Å²) < 4.78 is 7.26. The highest BCUT2D eigenvalue weighted by Crippen LogP contribution is 2.45. The van der Waals surface area contributed by atoms with Crippen molar-refractivity contribution in [3.8, 4) is 56.4 Å². The summed E-state index contributed by atoms with van der Waals surface area (Å²) in [4.78, 5) is 20.5. The molecule has 8 aromatic carbocycles. The van der Waals surface area contributed by atoms with Crippen molar-refractivity contribution >= 4 is 86.2 Å². The van der Waals surface area contributed by atoms with E-state index in [9.17, 15) is 0 Å². The molecule has 0 saturated heterocycles. The Kier molecular flexibility index (Phi) is 8.35. The molecule has 0 aliphatic heterocycles. The molecule has 6 aromatic heterocycles. The van der Waals surface area contributed by atoms with Crippen molar-refractivity contribution in [2.75, 3.05) is 0 Å². The highest BCUT2D eigenvalue weighted by atomic mass is 32.1. The standard InChI is InChI=1S/C60H36N6S/c1-2-14-39(15-3-1)60-63-49(38-28-26-37(27-29-38)48-34-40-16-4-5-17-44(40)56-47-20-8-11-25-55(47)67-59(48)56)36-50(64-60)41-32-42(65-51-21-9-6-18-45(51)57-53(65)23-12-30-61-57)35-43(33-41)66-52-22-10-7-19-46(52)58-54(66)24-13-31-62-58/h1-36H. The molecule has 0 saturated carbocycles. The summed E-state index contributed by atoms with van der Waals surface area (Å²) in [6.07, 6.45) is 3.75. The number of thiophene rings is 1. The second-order valence-electron chi connectivity index (χ2n) is 17.0. The van der Waals surface area contributed by atoms with Crippen LogP contribution in [0.25, 0.3) is 131 Å². The first kappa shape index (κ1) is 37.6. The van der Waals surface area contributed by atoms with Gasteiger partial charge in [0, 0.05) is 77.0 Å².